The van der Waals surface area contributed by atoms with Crippen molar-refractivity contribution in [3.8, 4) is 17.1 Å². The second-order valence-corrected chi connectivity index (χ2v) is 9.89. The van der Waals surface area contributed by atoms with Crippen LogP contribution in [0.4, 0.5) is 0 Å². The van der Waals surface area contributed by atoms with Gasteiger partial charge in [0.2, 0.25) is 5.91 Å². The maximum Gasteiger partial charge on any atom is 0.347 e. The van der Waals surface area contributed by atoms with Crippen LogP contribution in [0.2, 0.25) is 15.1 Å². The van der Waals surface area contributed by atoms with Crippen molar-refractivity contribution in [2.75, 3.05) is 20.8 Å². The number of nitrogens with one attached hydrogen (secondary N) is 1. The third-order valence-electron chi connectivity index (χ3n) is 6.14. The van der Waals surface area contributed by atoms with Crippen LogP contribution < -0.4 is 15.7 Å². The average Bonchev–Trinajstić information content (AvgIpc) is 3.26. The molecule has 4 aromatic rings. The van der Waals surface area contributed by atoms with E-state index in [1.165, 1.54) is 18.8 Å². The van der Waals surface area contributed by atoms with Crippen LogP contribution in [-0.2, 0) is 27.3 Å². The summed E-state index contributed by atoms with van der Waals surface area (Å²) in [5, 5.41) is 8.66. The highest BCUT2D eigenvalue weighted by molar-refractivity contribution is 6.36. The molecule has 1 N–H and O–H groups in total. The van der Waals surface area contributed by atoms with Gasteiger partial charge in [-0.2, -0.15) is 0 Å². The number of carbonyl (C=O) groups excluding carboxylic acids is 2. The maximum atomic E-state index is 13.7. The van der Waals surface area contributed by atoms with E-state index >= 15 is 0 Å². The molecule has 0 saturated carbocycles. The number of hydrogen-bond acceptors (Lipinski definition) is 6. The molecule has 1 atom stereocenters. The van der Waals surface area contributed by atoms with Crippen molar-refractivity contribution in [3.05, 3.63) is 103 Å². The molecular formula is C28H25Cl3N4O5. The van der Waals surface area contributed by atoms with Crippen LogP contribution >= 0.6 is 34.8 Å². The number of rotatable bonds is 10. The fourth-order valence-corrected chi connectivity index (χ4v) is 4.84. The first kappa shape index (κ1) is 29.2. The van der Waals surface area contributed by atoms with Crippen LogP contribution in [0, 0.1) is 0 Å². The van der Waals surface area contributed by atoms with E-state index in [1.54, 1.807) is 66.7 Å². The van der Waals surface area contributed by atoms with Crippen LogP contribution in [0.15, 0.2) is 71.5 Å². The first-order valence-corrected chi connectivity index (χ1v) is 13.2. The predicted molar refractivity (Wildman–Crippen MR) is 153 cm³/mol. The van der Waals surface area contributed by atoms with Gasteiger partial charge in [-0.05, 0) is 66.1 Å². The van der Waals surface area contributed by atoms with Gasteiger partial charge in [-0.3, -0.25) is 9.36 Å². The van der Waals surface area contributed by atoms with E-state index < -0.39 is 23.6 Å². The molecule has 1 unspecified atom stereocenters. The largest absolute Gasteiger partial charge is 0.497 e. The Balaban J connectivity index is 1.68. The molecule has 40 heavy (non-hydrogen) atoms. The Morgan fingerprint density at radius 1 is 0.950 bits per heavy atom. The maximum absolute atomic E-state index is 13.7. The van der Waals surface area contributed by atoms with Crippen LogP contribution in [0.25, 0.3) is 11.4 Å². The van der Waals surface area contributed by atoms with Gasteiger partial charge >= 0.3 is 11.7 Å². The zero-order chi connectivity index (χ0) is 28.8. The van der Waals surface area contributed by atoms with Crippen LogP contribution in [0.5, 0.6) is 5.75 Å². The molecule has 0 aliphatic carbocycles. The van der Waals surface area contributed by atoms with Gasteiger partial charge < -0.3 is 14.8 Å². The zero-order valence-corrected chi connectivity index (χ0v) is 23.8. The monoisotopic (exact) mass is 602 g/mol. The quantitative estimate of drug-likeness (QED) is 0.261. The lowest BCUT2D eigenvalue weighted by Gasteiger charge is -2.18. The first-order chi connectivity index (χ1) is 19.2. The fraction of sp³-hybridized carbons (Fsp3) is 0.214. The van der Waals surface area contributed by atoms with Crippen LogP contribution in [-0.4, -0.2) is 47.0 Å². The molecule has 0 radical (unpaired) electrons. The summed E-state index contributed by atoms with van der Waals surface area (Å²) in [6.07, 6.45) is 0.394. The third kappa shape index (κ3) is 6.50. The highest BCUT2D eigenvalue weighted by atomic mass is 35.5. The molecular weight excluding hydrogens is 579 g/mol. The number of carbonyl (C=O) groups is 2. The number of halogens is 3. The van der Waals surface area contributed by atoms with E-state index in [-0.39, 0.29) is 18.9 Å². The smallest absolute Gasteiger partial charge is 0.347 e. The molecule has 1 amide bonds. The van der Waals surface area contributed by atoms with E-state index in [2.05, 4.69) is 10.4 Å². The van der Waals surface area contributed by atoms with Crippen molar-refractivity contribution in [1.82, 2.24) is 19.7 Å². The number of nitrogens with zero attached hydrogens (tertiary/aromatic N) is 3. The van der Waals surface area contributed by atoms with Crippen molar-refractivity contribution in [3.63, 3.8) is 0 Å². The lowest BCUT2D eigenvalue weighted by molar-refractivity contribution is -0.143. The minimum absolute atomic E-state index is 0.156. The topological polar surface area (TPSA) is 104 Å². The van der Waals surface area contributed by atoms with Gasteiger partial charge in [0.15, 0.2) is 11.9 Å². The Labute approximate surface area is 245 Å². The van der Waals surface area contributed by atoms with Crippen LogP contribution in [0.1, 0.15) is 17.2 Å². The van der Waals surface area contributed by atoms with Crippen molar-refractivity contribution in [2.24, 2.45) is 0 Å². The molecule has 0 saturated heterocycles. The number of ether oxygens (including phenoxy) is 2. The first-order valence-electron chi connectivity index (χ1n) is 12.1. The Bertz CT molecular complexity index is 1550. The fourth-order valence-electron chi connectivity index (χ4n) is 4.13. The number of aromatic nitrogens is 3. The highest BCUT2D eigenvalue weighted by Crippen LogP contribution is 2.28. The summed E-state index contributed by atoms with van der Waals surface area (Å²) in [7, 11) is 2.75. The van der Waals surface area contributed by atoms with Crippen molar-refractivity contribution < 1.29 is 19.1 Å². The van der Waals surface area contributed by atoms with Crippen molar-refractivity contribution >= 4 is 46.7 Å². The summed E-state index contributed by atoms with van der Waals surface area (Å²) in [5.74, 6) is -0.425. The number of amides is 1. The lowest BCUT2D eigenvalue weighted by atomic mass is 10.1. The van der Waals surface area contributed by atoms with E-state index in [9.17, 15) is 14.4 Å². The number of hydrogen-bond donors (Lipinski definition) is 1. The Hall–Kier alpha value is -3.79. The predicted octanol–water partition coefficient (Wildman–Crippen LogP) is 4.80. The minimum atomic E-state index is -1.19. The Kier molecular flexibility index (Phi) is 9.52. The summed E-state index contributed by atoms with van der Waals surface area (Å²) >= 11 is 18.5. The van der Waals surface area contributed by atoms with Gasteiger partial charge in [-0.1, -0.05) is 53.0 Å². The number of esters is 1. The molecule has 1 aromatic heterocycles. The molecule has 12 heteroatoms. The number of methoxy groups -OCH3 is 2. The summed E-state index contributed by atoms with van der Waals surface area (Å²) in [4.78, 5) is 39.6. The number of benzene rings is 3. The minimum Gasteiger partial charge on any atom is -0.497 e. The molecule has 0 bridgehead atoms. The normalized spacial score (nSPS) is 11.6. The molecule has 0 aliphatic heterocycles. The molecule has 9 nitrogen and oxygen atoms in total. The summed E-state index contributed by atoms with van der Waals surface area (Å²) in [6, 6.07) is 17.2. The van der Waals surface area contributed by atoms with Gasteiger partial charge in [-0.25, -0.2) is 14.3 Å². The molecule has 3 aromatic carbocycles. The zero-order valence-electron chi connectivity index (χ0n) is 21.6. The van der Waals surface area contributed by atoms with E-state index in [4.69, 9.17) is 44.3 Å². The second kappa shape index (κ2) is 13.0. The second-order valence-electron chi connectivity index (χ2n) is 8.64. The summed E-state index contributed by atoms with van der Waals surface area (Å²) in [5.41, 5.74) is 1.00. The Morgan fingerprint density at radius 3 is 2.20 bits per heavy atom. The van der Waals surface area contributed by atoms with Gasteiger partial charge in [0.25, 0.3) is 0 Å². The third-order valence-corrected chi connectivity index (χ3v) is 7.10. The van der Waals surface area contributed by atoms with Gasteiger partial charge in [-0.15, -0.1) is 5.10 Å². The van der Waals surface area contributed by atoms with Gasteiger partial charge in [0, 0.05) is 27.2 Å². The van der Waals surface area contributed by atoms with Crippen molar-refractivity contribution in [1.29, 1.82) is 0 Å². The van der Waals surface area contributed by atoms with E-state index in [0.29, 0.717) is 43.9 Å². The molecule has 0 aliphatic rings. The summed E-state index contributed by atoms with van der Waals surface area (Å²) < 4.78 is 12.5. The lowest BCUT2D eigenvalue weighted by Crippen LogP contribution is -2.37. The molecule has 0 fully saturated rings. The molecule has 4 rings (SSSR count). The van der Waals surface area contributed by atoms with E-state index in [0.717, 1.165) is 4.68 Å². The van der Waals surface area contributed by atoms with Gasteiger partial charge in [0.1, 0.15) is 12.3 Å². The van der Waals surface area contributed by atoms with E-state index in [1.807, 2.05) is 0 Å². The highest BCUT2D eigenvalue weighted by Gasteiger charge is 2.31. The standard InChI is InChI=1S/C28H25Cl3N4O5/c1-39-20-12-8-17(9-13-20)25(27(37)40-2)35-26(18-6-10-19(29)11-7-18)33-34(28(35)38)16-24(36)32-15-14-21-22(30)4-3-5-23(21)31/h3-13,25H,14-16H2,1-2H3,(H,32,36). The molecule has 1 heterocycles. The van der Waals surface area contributed by atoms with Gasteiger partial charge in [0.05, 0.1) is 14.2 Å². The summed E-state index contributed by atoms with van der Waals surface area (Å²) in [6.45, 7) is -0.155. The molecule has 0 spiro atoms. The van der Waals surface area contributed by atoms with Crippen molar-refractivity contribution in [2.45, 2.75) is 19.0 Å². The van der Waals surface area contributed by atoms with Crippen LogP contribution in [0.3, 0.4) is 0 Å². The SMILES string of the molecule is COC(=O)C(c1ccc(OC)cc1)n1c(-c2ccc(Cl)cc2)nn(CC(=O)NCCc2c(Cl)cccc2Cl)c1=O. The average molecular weight is 604 g/mol. The Morgan fingerprint density at radius 2 is 1.60 bits per heavy atom. The molecule has 208 valence electrons.